The van der Waals surface area contributed by atoms with Gasteiger partial charge < -0.3 is 14.8 Å². The molecule has 1 aliphatic heterocycles. The Balaban J connectivity index is 2.30. The minimum absolute atomic E-state index is 0.0902. The molecule has 1 aliphatic rings. The van der Waals surface area contributed by atoms with Gasteiger partial charge in [0.2, 0.25) is 0 Å². The van der Waals surface area contributed by atoms with Crippen molar-refractivity contribution in [1.82, 2.24) is 5.32 Å². The van der Waals surface area contributed by atoms with E-state index in [4.69, 9.17) is 9.47 Å². The van der Waals surface area contributed by atoms with E-state index >= 15 is 0 Å². The first-order valence-electron chi connectivity index (χ1n) is 6.19. The third kappa shape index (κ3) is 2.48. The smallest absolute Gasteiger partial charge is 0.309 e. The van der Waals surface area contributed by atoms with Crippen molar-refractivity contribution >= 4 is 5.97 Å². The molecule has 1 aromatic carbocycles. The zero-order valence-electron chi connectivity index (χ0n) is 10.8. The number of methoxy groups -OCH3 is 2. The average molecular weight is 249 g/mol. The fourth-order valence-corrected chi connectivity index (χ4v) is 2.59. The molecule has 98 valence electrons. The molecule has 0 amide bonds. The summed E-state index contributed by atoms with van der Waals surface area (Å²) in [6.07, 6.45) is 0.801. The van der Waals surface area contributed by atoms with Gasteiger partial charge in [0.25, 0.3) is 0 Å². The largest absolute Gasteiger partial charge is 0.496 e. The van der Waals surface area contributed by atoms with E-state index in [1.807, 2.05) is 24.3 Å². The minimum atomic E-state index is -0.132. The summed E-state index contributed by atoms with van der Waals surface area (Å²) in [6, 6.07) is 7.86. The molecule has 0 aliphatic carbocycles. The number of esters is 1. The van der Waals surface area contributed by atoms with Gasteiger partial charge in [0, 0.05) is 12.5 Å². The van der Waals surface area contributed by atoms with Gasteiger partial charge in [-0.15, -0.1) is 0 Å². The molecule has 18 heavy (non-hydrogen) atoms. The molecule has 1 heterocycles. The van der Waals surface area contributed by atoms with Gasteiger partial charge in [0.15, 0.2) is 0 Å². The SMILES string of the molecule is COC(=O)[C@@H]1CCNC[C@@H]1c1ccccc1OC. The van der Waals surface area contributed by atoms with Crippen LogP contribution in [0.15, 0.2) is 24.3 Å². The van der Waals surface area contributed by atoms with Gasteiger partial charge in [-0.25, -0.2) is 0 Å². The first kappa shape index (κ1) is 12.9. The highest BCUT2D eigenvalue weighted by Gasteiger charge is 2.34. The second kappa shape index (κ2) is 5.87. The number of carbonyl (C=O) groups excluding carboxylic acids is 1. The maximum Gasteiger partial charge on any atom is 0.309 e. The van der Waals surface area contributed by atoms with Crippen molar-refractivity contribution in [3.8, 4) is 5.75 Å². The van der Waals surface area contributed by atoms with Crippen LogP contribution in [0.2, 0.25) is 0 Å². The van der Waals surface area contributed by atoms with Crippen molar-refractivity contribution in [3.63, 3.8) is 0 Å². The van der Waals surface area contributed by atoms with Crippen molar-refractivity contribution in [2.45, 2.75) is 12.3 Å². The standard InChI is InChI=1S/C14H19NO3/c1-17-13-6-4-3-5-10(13)12-9-15-8-7-11(12)14(16)18-2/h3-6,11-12,15H,7-9H2,1-2H3/t11-,12-/m1/s1. The Labute approximate surface area is 107 Å². The molecule has 0 unspecified atom stereocenters. The zero-order chi connectivity index (χ0) is 13.0. The minimum Gasteiger partial charge on any atom is -0.496 e. The van der Waals surface area contributed by atoms with Crippen molar-refractivity contribution in [2.24, 2.45) is 5.92 Å². The van der Waals surface area contributed by atoms with Gasteiger partial charge in [-0.1, -0.05) is 18.2 Å². The third-order valence-electron chi connectivity index (χ3n) is 3.52. The molecule has 0 aromatic heterocycles. The van der Waals surface area contributed by atoms with Crippen LogP contribution in [0.25, 0.3) is 0 Å². The highest BCUT2D eigenvalue weighted by molar-refractivity contribution is 5.74. The van der Waals surface area contributed by atoms with E-state index in [2.05, 4.69) is 5.32 Å². The first-order chi connectivity index (χ1) is 8.77. The van der Waals surface area contributed by atoms with Crippen LogP contribution in [0, 0.1) is 5.92 Å². The molecule has 1 N–H and O–H groups in total. The van der Waals surface area contributed by atoms with Crippen molar-refractivity contribution < 1.29 is 14.3 Å². The van der Waals surface area contributed by atoms with Crippen molar-refractivity contribution in [2.75, 3.05) is 27.3 Å². The monoisotopic (exact) mass is 249 g/mol. The lowest BCUT2D eigenvalue weighted by Gasteiger charge is -2.31. The number of benzene rings is 1. The molecule has 4 heteroatoms. The predicted molar refractivity (Wildman–Crippen MR) is 68.7 cm³/mol. The van der Waals surface area contributed by atoms with Crippen LogP contribution in [0.5, 0.6) is 5.75 Å². The summed E-state index contributed by atoms with van der Waals surface area (Å²) in [7, 11) is 3.10. The molecule has 0 spiro atoms. The summed E-state index contributed by atoms with van der Waals surface area (Å²) in [5.74, 6) is 0.724. The molecule has 4 nitrogen and oxygen atoms in total. The highest BCUT2D eigenvalue weighted by atomic mass is 16.5. The van der Waals surface area contributed by atoms with Crippen LogP contribution in [0.3, 0.4) is 0 Å². The normalized spacial score (nSPS) is 23.4. The van der Waals surface area contributed by atoms with Gasteiger partial charge in [-0.3, -0.25) is 4.79 Å². The number of hydrogen-bond donors (Lipinski definition) is 1. The quantitative estimate of drug-likeness (QED) is 0.826. The van der Waals surface area contributed by atoms with Crippen LogP contribution in [-0.4, -0.2) is 33.3 Å². The summed E-state index contributed by atoms with van der Waals surface area (Å²) in [4.78, 5) is 11.9. The van der Waals surface area contributed by atoms with Crippen LogP contribution < -0.4 is 10.1 Å². The van der Waals surface area contributed by atoms with Gasteiger partial charge >= 0.3 is 5.97 Å². The second-order valence-electron chi connectivity index (χ2n) is 4.47. The lowest BCUT2D eigenvalue weighted by molar-refractivity contribution is -0.147. The van der Waals surface area contributed by atoms with Crippen LogP contribution >= 0.6 is 0 Å². The molecule has 2 rings (SSSR count). The van der Waals surface area contributed by atoms with E-state index < -0.39 is 0 Å². The number of para-hydroxylation sites is 1. The molecule has 1 aromatic rings. The predicted octanol–water partition coefficient (Wildman–Crippen LogP) is 1.56. The van der Waals surface area contributed by atoms with E-state index in [1.54, 1.807) is 7.11 Å². The van der Waals surface area contributed by atoms with E-state index in [0.717, 1.165) is 30.8 Å². The lowest BCUT2D eigenvalue weighted by Crippen LogP contribution is -2.39. The van der Waals surface area contributed by atoms with E-state index in [-0.39, 0.29) is 17.8 Å². The van der Waals surface area contributed by atoms with Crippen LogP contribution in [-0.2, 0) is 9.53 Å². The Morgan fingerprint density at radius 3 is 2.83 bits per heavy atom. The molecular formula is C14H19NO3. The van der Waals surface area contributed by atoms with E-state index in [0.29, 0.717) is 0 Å². The Morgan fingerprint density at radius 2 is 2.11 bits per heavy atom. The van der Waals surface area contributed by atoms with Gasteiger partial charge in [0.1, 0.15) is 5.75 Å². The van der Waals surface area contributed by atoms with Gasteiger partial charge in [0.05, 0.1) is 20.1 Å². The Kier molecular flexibility index (Phi) is 4.20. The number of rotatable bonds is 3. The number of nitrogens with one attached hydrogen (secondary N) is 1. The summed E-state index contributed by atoms with van der Waals surface area (Å²) in [5.41, 5.74) is 1.07. The van der Waals surface area contributed by atoms with E-state index in [1.165, 1.54) is 7.11 Å². The second-order valence-corrected chi connectivity index (χ2v) is 4.47. The highest BCUT2D eigenvalue weighted by Crippen LogP contribution is 2.35. The maximum atomic E-state index is 11.9. The van der Waals surface area contributed by atoms with Gasteiger partial charge in [-0.05, 0) is 24.6 Å². The Bertz CT molecular complexity index is 419. The molecule has 1 saturated heterocycles. The van der Waals surface area contributed by atoms with E-state index in [9.17, 15) is 4.79 Å². The molecule has 0 radical (unpaired) electrons. The maximum absolute atomic E-state index is 11.9. The molecule has 0 saturated carbocycles. The summed E-state index contributed by atoms with van der Waals surface area (Å²) < 4.78 is 10.3. The number of ether oxygens (including phenoxy) is 2. The summed E-state index contributed by atoms with van der Waals surface area (Å²) in [6.45, 7) is 1.63. The average Bonchev–Trinajstić information content (AvgIpc) is 2.46. The Morgan fingerprint density at radius 1 is 1.33 bits per heavy atom. The molecular weight excluding hydrogens is 230 g/mol. The zero-order valence-corrected chi connectivity index (χ0v) is 10.8. The van der Waals surface area contributed by atoms with Gasteiger partial charge in [-0.2, -0.15) is 0 Å². The lowest BCUT2D eigenvalue weighted by atomic mass is 9.81. The molecule has 0 bridgehead atoms. The summed E-state index contributed by atoms with van der Waals surface area (Å²) >= 11 is 0. The van der Waals surface area contributed by atoms with Crippen molar-refractivity contribution in [1.29, 1.82) is 0 Å². The van der Waals surface area contributed by atoms with Crippen molar-refractivity contribution in [3.05, 3.63) is 29.8 Å². The number of hydrogen-bond acceptors (Lipinski definition) is 4. The first-order valence-corrected chi connectivity index (χ1v) is 6.19. The molecule has 1 fully saturated rings. The fourth-order valence-electron chi connectivity index (χ4n) is 2.59. The number of carbonyl (C=O) groups is 1. The topological polar surface area (TPSA) is 47.6 Å². The van der Waals surface area contributed by atoms with Crippen LogP contribution in [0.1, 0.15) is 17.9 Å². The molecule has 2 atom stereocenters. The third-order valence-corrected chi connectivity index (χ3v) is 3.52. The Hall–Kier alpha value is -1.55. The number of piperidine rings is 1. The summed E-state index contributed by atoms with van der Waals surface area (Å²) in [5, 5.41) is 3.33. The fraction of sp³-hybridized carbons (Fsp3) is 0.500. The van der Waals surface area contributed by atoms with Crippen LogP contribution in [0.4, 0.5) is 0 Å².